The van der Waals surface area contributed by atoms with Gasteiger partial charge in [-0.05, 0) is 43.5 Å². The number of carbonyl (C=O) groups excluding carboxylic acids is 2. The lowest BCUT2D eigenvalue weighted by atomic mass is 10.1. The number of sulfonamides is 1. The van der Waals surface area contributed by atoms with Gasteiger partial charge in [-0.25, -0.2) is 8.42 Å². The predicted octanol–water partition coefficient (Wildman–Crippen LogP) is 3.85. The second kappa shape index (κ2) is 13.5. The van der Waals surface area contributed by atoms with Crippen LogP contribution in [0.1, 0.15) is 39.2 Å². The lowest BCUT2D eigenvalue weighted by Gasteiger charge is -2.33. The van der Waals surface area contributed by atoms with Gasteiger partial charge in [-0.3, -0.25) is 13.9 Å². The number of hydrogen-bond donors (Lipinski definition) is 1. The molecule has 0 aliphatic heterocycles. The van der Waals surface area contributed by atoms with Crippen LogP contribution in [0.4, 0.5) is 5.69 Å². The number of carbonyl (C=O) groups is 2. The first kappa shape index (κ1) is 30.2. The zero-order valence-electron chi connectivity index (χ0n) is 22.2. The summed E-state index contributed by atoms with van der Waals surface area (Å²) < 4.78 is 37.4. The van der Waals surface area contributed by atoms with E-state index in [2.05, 4.69) is 5.32 Å². The van der Waals surface area contributed by atoms with Crippen molar-refractivity contribution in [1.82, 2.24) is 10.2 Å². The molecule has 1 N–H and O–H groups in total. The molecule has 0 aliphatic rings. The zero-order chi connectivity index (χ0) is 27.8. The highest BCUT2D eigenvalue weighted by molar-refractivity contribution is 7.92. The minimum absolute atomic E-state index is 0.0256. The van der Waals surface area contributed by atoms with Crippen molar-refractivity contribution in [3.8, 4) is 11.5 Å². The molecule has 0 heterocycles. The van der Waals surface area contributed by atoms with Gasteiger partial charge in [0.25, 0.3) is 0 Å². The molecule has 2 amide bonds. The third kappa shape index (κ3) is 8.00. The van der Waals surface area contributed by atoms with E-state index in [1.807, 2.05) is 13.8 Å². The van der Waals surface area contributed by atoms with Crippen molar-refractivity contribution in [2.24, 2.45) is 0 Å². The van der Waals surface area contributed by atoms with E-state index in [1.54, 1.807) is 43.3 Å². The van der Waals surface area contributed by atoms with E-state index in [-0.39, 0.29) is 29.9 Å². The molecule has 2 atom stereocenters. The average molecular weight is 554 g/mol. The van der Waals surface area contributed by atoms with E-state index >= 15 is 0 Å². The van der Waals surface area contributed by atoms with Crippen LogP contribution in [0.5, 0.6) is 11.5 Å². The fourth-order valence-electron chi connectivity index (χ4n) is 3.76. The first-order valence-corrected chi connectivity index (χ1v) is 14.2. The average Bonchev–Trinajstić information content (AvgIpc) is 2.86. The van der Waals surface area contributed by atoms with E-state index < -0.39 is 28.5 Å². The molecule has 9 nitrogen and oxygen atoms in total. The molecule has 11 heteroatoms. The molecular weight excluding hydrogens is 518 g/mol. The van der Waals surface area contributed by atoms with Gasteiger partial charge in [0, 0.05) is 23.7 Å². The quantitative estimate of drug-likeness (QED) is 0.404. The number of rotatable bonds is 13. The number of nitrogens with zero attached hydrogens (tertiary/aromatic N) is 2. The number of anilines is 1. The highest BCUT2D eigenvalue weighted by atomic mass is 35.5. The molecule has 0 spiro atoms. The maximum Gasteiger partial charge on any atom is 0.244 e. The third-order valence-electron chi connectivity index (χ3n) is 6.02. The Morgan fingerprint density at radius 2 is 1.73 bits per heavy atom. The SMILES string of the molecule is CC[C@H](C)NC(=O)[C@H](CC)N(Cc1ccccc1Cl)C(=O)CN(c1cc(OC)ccc1OC)S(C)(=O)=O. The highest BCUT2D eigenvalue weighted by Crippen LogP contribution is 2.34. The highest BCUT2D eigenvalue weighted by Gasteiger charge is 2.33. The van der Waals surface area contributed by atoms with Crippen molar-refractivity contribution in [1.29, 1.82) is 0 Å². The van der Waals surface area contributed by atoms with Gasteiger partial charge in [-0.2, -0.15) is 0 Å². The van der Waals surface area contributed by atoms with Gasteiger partial charge in [-0.1, -0.05) is 43.6 Å². The van der Waals surface area contributed by atoms with Crippen LogP contribution in [0.2, 0.25) is 5.02 Å². The van der Waals surface area contributed by atoms with Crippen molar-refractivity contribution in [3.63, 3.8) is 0 Å². The Hall–Kier alpha value is -2.98. The summed E-state index contributed by atoms with van der Waals surface area (Å²) in [6.45, 7) is 5.10. The van der Waals surface area contributed by atoms with Crippen LogP contribution in [0.25, 0.3) is 0 Å². The Bertz CT molecular complexity index is 1190. The number of methoxy groups -OCH3 is 2. The van der Waals surface area contributed by atoms with Crippen LogP contribution in [-0.4, -0.2) is 64.2 Å². The molecule has 0 fully saturated rings. The van der Waals surface area contributed by atoms with E-state index in [0.29, 0.717) is 22.8 Å². The molecule has 0 unspecified atom stereocenters. The molecule has 2 aromatic rings. The largest absolute Gasteiger partial charge is 0.497 e. The number of ether oxygens (including phenoxy) is 2. The van der Waals surface area contributed by atoms with Crippen molar-refractivity contribution in [2.45, 2.75) is 52.2 Å². The minimum Gasteiger partial charge on any atom is -0.497 e. The molecule has 0 aromatic heterocycles. The second-order valence-electron chi connectivity index (χ2n) is 8.66. The summed E-state index contributed by atoms with van der Waals surface area (Å²) in [5, 5.41) is 3.37. The van der Waals surface area contributed by atoms with Crippen molar-refractivity contribution < 1.29 is 27.5 Å². The van der Waals surface area contributed by atoms with Crippen LogP contribution in [-0.2, 0) is 26.2 Å². The van der Waals surface area contributed by atoms with E-state index in [4.69, 9.17) is 21.1 Å². The maximum absolute atomic E-state index is 13.8. The first-order valence-electron chi connectivity index (χ1n) is 12.0. The smallest absolute Gasteiger partial charge is 0.244 e. The second-order valence-corrected chi connectivity index (χ2v) is 11.0. The number of benzene rings is 2. The Kier molecular flexibility index (Phi) is 11.1. The topological polar surface area (TPSA) is 105 Å². The summed E-state index contributed by atoms with van der Waals surface area (Å²) >= 11 is 6.38. The molecular formula is C26H36ClN3O6S. The molecule has 204 valence electrons. The Balaban J connectivity index is 2.54. The minimum atomic E-state index is -3.94. The van der Waals surface area contributed by atoms with Gasteiger partial charge in [-0.15, -0.1) is 0 Å². The summed E-state index contributed by atoms with van der Waals surface area (Å²) in [5.41, 5.74) is 0.782. The van der Waals surface area contributed by atoms with Gasteiger partial charge in [0.15, 0.2) is 0 Å². The van der Waals surface area contributed by atoms with E-state index in [1.165, 1.54) is 25.2 Å². The number of nitrogens with one attached hydrogen (secondary N) is 1. The zero-order valence-corrected chi connectivity index (χ0v) is 23.7. The molecule has 2 rings (SSSR count). The molecule has 0 radical (unpaired) electrons. The predicted molar refractivity (Wildman–Crippen MR) is 146 cm³/mol. The standard InChI is InChI=1S/C26H36ClN3O6S/c1-7-18(3)28-26(32)22(8-2)29(16-19-11-9-10-12-21(19)27)25(31)17-30(37(6,33)34)23-15-20(35-4)13-14-24(23)36-5/h9-15,18,22H,7-8,16-17H2,1-6H3,(H,28,32)/t18-,22-/m0/s1. The van der Waals surface area contributed by atoms with Crippen LogP contribution >= 0.6 is 11.6 Å². The Morgan fingerprint density at radius 1 is 1.05 bits per heavy atom. The summed E-state index contributed by atoms with van der Waals surface area (Å²) in [6.07, 6.45) is 2.04. The third-order valence-corrected chi connectivity index (χ3v) is 7.51. The van der Waals surface area contributed by atoms with Crippen LogP contribution in [0.3, 0.4) is 0 Å². The van der Waals surface area contributed by atoms with E-state index in [0.717, 1.165) is 17.0 Å². The van der Waals surface area contributed by atoms with Crippen molar-refractivity contribution >= 4 is 39.1 Å². The summed E-state index contributed by atoms with van der Waals surface area (Å²) in [6, 6.07) is 10.8. The summed E-state index contributed by atoms with van der Waals surface area (Å²) in [7, 11) is -1.08. The van der Waals surface area contributed by atoms with Crippen LogP contribution in [0.15, 0.2) is 42.5 Å². The summed E-state index contributed by atoms with van der Waals surface area (Å²) in [4.78, 5) is 28.4. The first-order chi connectivity index (χ1) is 17.5. The number of halogens is 1. The van der Waals surface area contributed by atoms with Gasteiger partial charge >= 0.3 is 0 Å². The van der Waals surface area contributed by atoms with Crippen molar-refractivity contribution in [3.05, 3.63) is 53.1 Å². The van der Waals surface area contributed by atoms with Gasteiger partial charge < -0.3 is 19.7 Å². The molecule has 0 saturated heterocycles. The molecule has 0 bridgehead atoms. The Labute approximate surface area is 224 Å². The van der Waals surface area contributed by atoms with Gasteiger partial charge in [0.1, 0.15) is 24.1 Å². The lowest BCUT2D eigenvalue weighted by Crippen LogP contribution is -2.53. The number of amides is 2. The molecule has 0 aliphatic carbocycles. The molecule has 0 saturated carbocycles. The maximum atomic E-state index is 13.8. The van der Waals surface area contributed by atoms with Crippen LogP contribution in [0, 0.1) is 0 Å². The summed E-state index contributed by atoms with van der Waals surface area (Å²) in [5.74, 6) is -0.245. The Morgan fingerprint density at radius 3 is 2.27 bits per heavy atom. The van der Waals surface area contributed by atoms with Crippen LogP contribution < -0.4 is 19.1 Å². The monoisotopic (exact) mass is 553 g/mol. The lowest BCUT2D eigenvalue weighted by molar-refractivity contribution is -0.140. The van der Waals surface area contributed by atoms with Crippen molar-refractivity contribution in [2.75, 3.05) is 31.3 Å². The fraction of sp³-hybridized carbons (Fsp3) is 0.462. The normalized spacial score (nSPS) is 12.8. The molecule has 2 aromatic carbocycles. The van der Waals surface area contributed by atoms with Gasteiger partial charge in [0.2, 0.25) is 21.8 Å². The fourth-order valence-corrected chi connectivity index (χ4v) is 4.80. The van der Waals surface area contributed by atoms with Gasteiger partial charge in [0.05, 0.1) is 26.2 Å². The molecule has 37 heavy (non-hydrogen) atoms. The van der Waals surface area contributed by atoms with E-state index in [9.17, 15) is 18.0 Å². The number of hydrogen-bond acceptors (Lipinski definition) is 6.